The third kappa shape index (κ3) is 4.46. The maximum atomic E-state index is 13.4. The molecular weight excluding hydrogens is 493 g/mol. The topological polar surface area (TPSA) is 112 Å². The lowest BCUT2D eigenvalue weighted by Gasteiger charge is -2.41. The van der Waals surface area contributed by atoms with Gasteiger partial charge in [-0.05, 0) is 18.1 Å². The van der Waals surface area contributed by atoms with Crippen LogP contribution in [-0.4, -0.2) is 88.3 Å². The van der Waals surface area contributed by atoms with Gasteiger partial charge in [-0.15, -0.1) is 0 Å². The third-order valence-corrected chi connectivity index (χ3v) is 8.28. The largest absolute Gasteiger partial charge is 0.541 e. The summed E-state index contributed by atoms with van der Waals surface area (Å²) in [6.45, 7) is 1.92. The summed E-state index contributed by atoms with van der Waals surface area (Å²) >= 11 is 1.08. The van der Waals surface area contributed by atoms with Gasteiger partial charge < -0.3 is 14.9 Å². The minimum Gasteiger partial charge on any atom is -0.541 e. The van der Waals surface area contributed by atoms with E-state index in [0.717, 1.165) is 22.9 Å². The number of nitrogens with one attached hydrogen (secondary N) is 1. The van der Waals surface area contributed by atoms with Crippen molar-refractivity contribution >= 4 is 49.8 Å². The Balaban J connectivity index is 1.33. The highest BCUT2D eigenvalue weighted by Gasteiger charge is 2.67. The van der Waals surface area contributed by atoms with Crippen molar-refractivity contribution in [2.75, 3.05) is 13.1 Å². The zero-order valence-corrected chi connectivity index (χ0v) is 20.8. The number of rotatable bonds is 7. The molecule has 0 spiro atoms. The number of benzene rings is 2. The minimum absolute atomic E-state index is 0.103. The van der Waals surface area contributed by atoms with E-state index in [1.807, 2.05) is 60.7 Å². The second kappa shape index (κ2) is 9.93. The zero-order chi connectivity index (χ0) is 26.2. The number of β-lactam (4-membered cyclic amide) rings is 1. The van der Waals surface area contributed by atoms with Crippen LogP contribution in [0, 0.1) is 0 Å². The fraction of sp³-hybridized carbons (Fsp3) is 0.320. The standard InChI is InChI=1S/C25H24BN5O5S/c1-16-14-30(27-13-18-10-6-3-7-11-18)24(35)31(16)25(23(34)36-26)15-29-21(33)20(22(29)37-25)28-19(32)12-17-8-4-2-5-9-17/h2-11,13,16,20,22H,12,14-15H2,1H3,(H,28,32)/b27-13+/t16-,20-,22-,25-/m1/s1. The predicted molar refractivity (Wildman–Crippen MR) is 137 cm³/mol. The van der Waals surface area contributed by atoms with Crippen molar-refractivity contribution < 1.29 is 23.8 Å². The Bertz CT molecular complexity index is 1250. The molecule has 2 aromatic rings. The summed E-state index contributed by atoms with van der Waals surface area (Å²) in [5, 5.41) is 7.81. The molecule has 2 aromatic carbocycles. The van der Waals surface area contributed by atoms with E-state index in [9.17, 15) is 19.2 Å². The van der Waals surface area contributed by atoms with Crippen LogP contribution < -0.4 is 5.32 Å². The number of hydrogen-bond acceptors (Lipinski definition) is 7. The van der Waals surface area contributed by atoms with Crippen molar-refractivity contribution in [2.24, 2.45) is 5.10 Å². The Labute approximate surface area is 219 Å². The van der Waals surface area contributed by atoms with E-state index >= 15 is 0 Å². The molecule has 5 rings (SSSR count). The van der Waals surface area contributed by atoms with Gasteiger partial charge in [-0.3, -0.25) is 19.3 Å². The Hall–Kier alpha value is -3.80. The van der Waals surface area contributed by atoms with Crippen molar-refractivity contribution in [2.45, 2.75) is 35.7 Å². The average molecular weight is 517 g/mol. The van der Waals surface area contributed by atoms with Gasteiger partial charge in [0, 0.05) is 0 Å². The molecule has 12 heteroatoms. The zero-order valence-electron chi connectivity index (χ0n) is 20.0. The molecule has 4 atom stereocenters. The van der Waals surface area contributed by atoms with Crippen LogP contribution in [0.3, 0.4) is 0 Å². The number of amides is 4. The van der Waals surface area contributed by atoms with Crippen LogP contribution >= 0.6 is 11.8 Å². The smallest absolute Gasteiger partial charge is 0.378 e. The number of thioether (sulfide) groups is 1. The van der Waals surface area contributed by atoms with Crippen molar-refractivity contribution in [3.05, 3.63) is 71.8 Å². The number of fused-ring (bicyclic) bond motifs is 1. The maximum Gasteiger partial charge on any atom is 0.378 e. The number of urea groups is 1. The summed E-state index contributed by atoms with van der Waals surface area (Å²) in [6, 6.07) is 16.7. The Morgan fingerprint density at radius 2 is 1.84 bits per heavy atom. The van der Waals surface area contributed by atoms with E-state index < -0.39 is 34.3 Å². The summed E-state index contributed by atoms with van der Waals surface area (Å²) in [7, 11) is 5.29. The van der Waals surface area contributed by atoms with Gasteiger partial charge in [0.05, 0.1) is 31.8 Å². The van der Waals surface area contributed by atoms with Crippen LogP contribution in [0.25, 0.3) is 0 Å². The first-order chi connectivity index (χ1) is 17.8. The highest BCUT2D eigenvalue weighted by molar-refractivity contribution is 8.02. The highest BCUT2D eigenvalue weighted by atomic mass is 32.2. The Morgan fingerprint density at radius 1 is 1.16 bits per heavy atom. The van der Waals surface area contributed by atoms with Crippen LogP contribution in [0.15, 0.2) is 65.8 Å². The van der Waals surface area contributed by atoms with Gasteiger partial charge in [0.2, 0.25) is 16.7 Å². The van der Waals surface area contributed by atoms with E-state index in [2.05, 4.69) is 15.1 Å². The Kier molecular flexibility index (Phi) is 6.68. The van der Waals surface area contributed by atoms with Gasteiger partial charge in [-0.2, -0.15) is 5.10 Å². The van der Waals surface area contributed by atoms with Gasteiger partial charge >= 0.3 is 20.0 Å². The molecule has 1 N–H and O–H groups in total. The Morgan fingerprint density at radius 3 is 2.51 bits per heavy atom. The molecule has 3 saturated heterocycles. The molecule has 3 fully saturated rings. The van der Waals surface area contributed by atoms with Crippen molar-refractivity contribution in [3.8, 4) is 0 Å². The molecule has 37 heavy (non-hydrogen) atoms. The predicted octanol–water partition coefficient (Wildman–Crippen LogP) is 1.11. The van der Waals surface area contributed by atoms with Crippen LogP contribution in [-0.2, 0) is 25.5 Å². The SMILES string of the molecule is [B]OC(=O)[C@@]1(N2C(=O)N(/N=C/c3ccccc3)C[C@H]2C)CN2C(=O)[C@@H](NC(=O)Cc3ccccc3)[C@H]2S1. The monoisotopic (exact) mass is 517 g/mol. The van der Waals surface area contributed by atoms with Crippen molar-refractivity contribution in [1.29, 1.82) is 0 Å². The summed E-state index contributed by atoms with van der Waals surface area (Å²) in [6.07, 6.45) is 1.69. The molecule has 0 aromatic heterocycles. The minimum atomic E-state index is -1.57. The van der Waals surface area contributed by atoms with Crippen LogP contribution in [0.2, 0.25) is 0 Å². The lowest BCUT2D eigenvalue weighted by molar-refractivity contribution is -0.150. The molecule has 0 saturated carbocycles. The molecule has 4 amide bonds. The van der Waals surface area contributed by atoms with E-state index in [1.54, 1.807) is 13.1 Å². The lowest BCUT2D eigenvalue weighted by atomic mass is 10.0. The quantitative estimate of drug-likeness (QED) is 0.335. The fourth-order valence-electron chi connectivity index (χ4n) is 4.87. The molecular formula is C25H24BN5O5S. The molecule has 10 nitrogen and oxygen atoms in total. The van der Waals surface area contributed by atoms with E-state index in [4.69, 9.17) is 8.05 Å². The second-order valence-electron chi connectivity index (χ2n) is 9.11. The lowest BCUT2D eigenvalue weighted by Crippen LogP contribution is -2.67. The molecule has 0 aliphatic carbocycles. The molecule has 3 aliphatic rings. The van der Waals surface area contributed by atoms with Crippen LogP contribution in [0.5, 0.6) is 0 Å². The van der Waals surface area contributed by atoms with E-state index in [0.29, 0.717) is 0 Å². The summed E-state index contributed by atoms with van der Waals surface area (Å²) in [5.41, 5.74) is 1.63. The average Bonchev–Trinajstić information content (AvgIpc) is 3.41. The molecule has 188 valence electrons. The number of carbonyl (C=O) groups excluding carboxylic acids is 4. The second-order valence-corrected chi connectivity index (χ2v) is 10.5. The van der Waals surface area contributed by atoms with Gasteiger partial charge in [-0.25, -0.2) is 9.80 Å². The number of hydrogen-bond donors (Lipinski definition) is 1. The third-order valence-electron chi connectivity index (χ3n) is 6.63. The van der Waals surface area contributed by atoms with Crippen LogP contribution in [0.1, 0.15) is 18.1 Å². The molecule has 0 bridgehead atoms. The van der Waals surface area contributed by atoms with Crippen molar-refractivity contribution in [3.63, 3.8) is 0 Å². The normalized spacial score (nSPS) is 26.8. The van der Waals surface area contributed by atoms with Gasteiger partial charge in [0.15, 0.2) is 0 Å². The summed E-state index contributed by atoms with van der Waals surface area (Å²) < 4.78 is 4.63. The first kappa shape index (κ1) is 24.9. The summed E-state index contributed by atoms with van der Waals surface area (Å²) in [4.78, 5) is 53.3. The highest BCUT2D eigenvalue weighted by Crippen LogP contribution is 2.51. The van der Waals surface area contributed by atoms with Gasteiger partial charge in [0.25, 0.3) is 0 Å². The number of nitrogens with zero attached hydrogens (tertiary/aromatic N) is 4. The van der Waals surface area contributed by atoms with Gasteiger partial charge in [0.1, 0.15) is 11.4 Å². The van der Waals surface area contributed by atoms with Gasteiger partial charge in [-0.1, -0.05) is 72.4 Å². The number of hydrazone groups is 1. The first-order valence-electron chi connectivity index (χ1n) is 11.8. The molecule has 3 heterocycles. The van der Waals surface area contributed by atoms with Crippen LogP contribution in [0.4, 0.5) is 4.79 Å². The fourth-order valence-corrected chi connectivity index (χ4v) is 6.63. The van der Waals surface area contributed by atoms with E-state index in [1.165, 1.54) is 14.8 Å². The molecule has 3 aliphatic heterocycles. The van der Waals surface area contributed by atoms with Crippen molar-refractivity contribution in [1.82, 2.24) is 20.1 Å². The maximum absolute atomic E-state index is 13.4. The number of carbonyl (C=O) groups is 4. The molecule has 0 unspecified atom stereocenters. The molecule has 2 radical (unpaired) electrons. The van der Waals surface area contributed by atoms with E-state index in [-0.39, 0.29) is 31.3 Å². The first-order valence-corrected chi connectivity index (χ1v) is 12.6. The summed E-state index contributed by atoms with van der Waals surface area (Å²) in [5.74, 6) is -1.48.